The van der Waals surface area contributed by atoms with Crippen molar-refractivity contribution in [2.45, 2.75) is 53.4 Å². The molecule has 0 bridgehead atoms. The molecule has 0 aromatic heterocycles. The number of rotatable bonds is 10. The van der Waals surface area contributed by atoms with Crippen LogP contribution >= 0.6 is 0 Å². The van der Waals surface area contributed by atoms with Gasteiger partial charge in [-0.05, 0) is 59.5 Å². The second-order valence-electron chi connectivity index (χ2n) is 5.73. The molecule has 0 unspecified atom stereocenters. The largest absolute Gasteiger partial charge is 0.445 e. The summed E-state index contributed by atoms with van der Waals surface area (Å²) in [5, 5.41) is 2.57. The van der Waals surface area contributed by atoms with E-state index in [0.717, 1.165) is 25.7 Å². The van der Waals surface area contributed by atoms with E-state index in [1.807, 2.05) is 6.08 Å². The summed E-state index contributed by atoms with van der Waals surface area (Å²) in [5.41, 5.74) is 4.05. The van der Waals surface area contributed by atoms with Crippen LogP contribution in [0.15, 0.2) is 47.6 Å². The molecule has 0 heterocycles. The number of carbonyl (C=O) groups excluding carboxylic acids is 1. The second-order valence-corrected chi connectivity index (χ2v) is 5.73. The summed E-state index contributed by atoms with van der Waals surface area (Å²) in [6.07, 6.45) is 12.0. The van der Waals surface area contributed by atoms with E-state index in [9.17, 15) is 4.79 Å². The summed E-state index contributed by atoms with van der Waals surface area (Å²) in [7, 11) is 0. The van der Waals surface area contributed by atoms with Crippen molar-refractivity contribution >= 4 is 6.09 Å². The molecular formula is C19H31NO2. The molecular weight excluding hydrogens is 274 g/mol. The van der Waals surface area contributed by atoms with E-state index in [4.69, 9.17) is 4.74 Å². The molecule has 3 heteroatoms. The Kier molecular flexibility index (Phi) is 11.9. The Morgan fingerprint density at radius 3 is 2.18 bits per heavy atom. The van der Waals surface area contributed by atoms with Crippen LogP contribution < -0.4 is 5.32 Å². The SMILES string of the molecule is C=CCNC(=O)OCC=C(C)CCC=C(C)CCC=C(C)C. The fourth-order valence-electron chi connectivity index (χ4n) is 1.81. The number of allylic oxidation sites excluding steroid dienone is 5. The number of hydrogen-bond acceptors (Lipinski definition) is 2. The summed E-state index contributed by atoms with van der Waals surface area (Å²) in [5.74, 6) is 0. The Bertz CT molecular complexity index is 427. The molecule has 0 aliphatic carbocycles. The fraction of sp³-hybridized carbons (Fsp3) is 0.526. The molecule has 0 aromatic carbocycles. The van der Waals surface area contributed by atoms with Gasteiger partial charge in [-0.1, -0.05) is 34.9 Å². The van der Waals surface area contributed by atoms with Gasteiger partial charge in [0.25, 0.3) is 0 Å². The van der Waals surface area contributed by atoms with Crippen molar-refractivity contribution < 1.29 is 9.53 Å². The van der Waals surface area contributed by atoms with Gasteiger partial charge in [-0.15, -0.1) is 6.58 Å². The molecule has 0 saturated heterocycles. The summed E-state index contributed by atoms with van der Waals surface area (Å²) in [6.45, 7) is 12.8. The van der Waals surface area contributed by atoms with Crippen molar-refractivity contribution in [3.05, 3.63) is 47.6 Å². The second kappa shape index (κ2) is 12.9. The van der Waals surface area contributed by atoms with Crippen molar-refractivity contribution in [1.82, 2.24) is 5.32 Å². The van der Waals surface area contributed by atoms with E-state index in [-0.39, 0.29) is 0 Å². The van der Waals surface area contributed by atoms with Gasteiger partial charge in [0.15, 0.2) is 0 Å². The Morgan fingerprint density at radius 1 is 1.00 bits per heavy atom. The van der Waals surface area contributed by atoms with Crippen LogP contribution in [0.5, 0.6) is 0 Å². The molecule has 3 nitrogen and oxygen atoms in total. The number of alkyl carbamates (subject to hydrolysis) is 1. The maximum Gasteiger partial charge on any atom is 0.407 e. The minimum Gasteiger partial charge on any atom is -0.445 e. The van der Waals surface area contributed by atoms with Gasteiger partial charge in [0.2, 0.25) is 0 Å². The van der Waals surface area contributed by atoms with Crippen molar-refractivity contribution in [2.24, 2.45) is 0 Å². The number of ether oxygens (including phenoxy) is 1. The summed E-state index contributed by atoms with van der Waals surface area (Å²) < 4.78 is 5.02. The lowest BCUT2D eigenvalue weighted by atomic mass is 10.1. The molecule has 0 aliphatic heterocycles. The van der Waals surface area contributed by atoms with Crippen LogP contribution in [-0.2, 0) is 4.74 Å². The Morgan fingerprint density at radius 2 is 1.59 bits per heavy atom. The molecule has 1 N–H and O–H groups in total. The van der Waals surface area contributed by atoms with Crippen LogP contribution in [0.2, 0.25) is 0 Å². The third-order valence-corrected chi connectivity index (χ3v) is 3.16. The lowest BCUT2D eigenvalue weighted by Gasteiger charge is -2.04. The lowest BCUT2D eigenvalue weighted by Crippen LogP contribution is -2.24. The highest BCUT2D eigenvalue weighted by Gasteiger charge is 1.97. The smallest absolute Gasteiger partial charge is 0.407 e. The number of amides is 1. The normalized spacial score (nSPS) is 11.8. The third-order valence-electron chi connectivity index (χ3n) is 3.16. The molecule has 0 spiro atoms. The topological polar surface area (TPSA) is 38.3 Å². The van der Waals surface area contributed by atoms with Crippen LogP contribution in [0, 0.1) is 0 Å². The Labute approximate surface area is 135 Å². The third kappa shape index (κ3) is 13.2. The first kappa shape index (κ1) is 20.2. The van der Waals surface area contributed by atoms with E-state index in [1.54, 1.807) is 6.08 Å². The summed E-state index contributed by atoms with van der Waals surface area (Å²) >= 11 is 0. The average molecular weight is 305 g/mol. The molecule has 124 valence electrons. The molecule has 0 radical (unpaired) electrons. The first-order chi connectivity index (χ1) is 10.5. The first-order valence-corrected chi connectivity index (χ1v) is 7.91. The molecule has 0 saturated carbocycles. The van der Waals surface area contributed by atoms with Gasteiger partial charge in [0, 0.05) is 6.54 Å². The van der Waals surface area contributed by atoms with Crippen LogP contribution in [0.25, 0.3) is 0 Å². The lowest BCUT2D eigenvalue weighted by molar-refractivity contribution is 0.159. The number of carbonyl (C=O) groups is 1. The van der Waals surface area contributed by atoms with Crippen LogP contribution in [0.3, 0.4) is 0 Å². The molecule has 0 rings (SSSR count). The van der Waals surface area contributed by atoms with Gasteiger partial charge in [0.05, 0.1) is 0 Å². The molecule has 0 atom stereocenters. The van der Waals surface area contributed by atoms with E-state index in [1.165, 1.54) is 16.7 Å². The molecule has 0 aliphatic rings. The van der Waals surface area contributed by atoms with Gasteiger partial charge < -0.3 is 10.1 Å². The minimum atomic E-state index is -0.404. The first-order valence-electron chi connectivity index (χ1n) is 7.91. The average Bonchev–Trinajstić information content (AvgIpc) is 2.44. The van der Waals surface area contributed by atoms with Gasteiger partial charge in [-0.25, -0.2) is 4.79 Å². The van der Waals surface area contributed by atoms with Gasteiger partial charge >= 0.3 is 6.09 Å². The van der Waals surface area contributed by atoms with Crippen molar-refractivity contribution in [2.75, 3.05) is 13.2 Å². The predicted molar refractivity (Wildman–Crippen MR) is 95.0 cm³/mol. The monoisotopic (exact) mass is 305 g/mol. The van der Waals surface area contributed by atoms with Crippen molar-refractivity contribution in [1.29, 1.82) is 0 Å². The summed E-state index contributed by atoms with van der Waals surface area (Å²) in [4.78, 5) is 11.2. The molecule has 0 aromatic rings. The highest BCUT2D eigenvalue weighted by Crippen LogP contribution is 2.11. The summed E-state index contributed by atoms with van der Waals surface area (Å²) in [6, 6.07) is 0. The maximum absolute atomic E-state index is 11.2. The molecule has 1 amide bonds. The Hall–Kier alpha value is -1.77. The zero-order valence-electron chi connectivity index (χ0n) is 14.6. The zero-order valence-corrected chi connectivity index (χ0v) is 14.6. The predicted octanol–water partition coefficient (Wildman–Crippen LogP) is 5.32. The van der Waals surface area contributed by atoms with Crippen LogP contribution in [-0.4, -0.2) is 19.2 Å². The fourth-order valence-corrected chi connectivity index (χ4v) is 1.81. The van der Waals surface area contributed by atoms with Gasteiger partial charge in [-0.2, -0.15) is 0 Å². The van der Waals surface area contributed by atoms with E-state index in [0.29, 0.717) is 13.2 Å². The van der Waals surface area contributed by atoms with Gasteiger partial charge in [0.1, 0.15) is 6.61 Å². The Balaban J connectivity index is 3.89. The molecule has 0 fully saturated rings. The highest BCUT2D eigenvalue weighted by molar-refractivity contribution is 5.67. The quantitative estimate of drug-likeness (QED) is 0.555. The number of hydrogen-bond donors (Lipinski definition) is 1. The standard InChI is InChI=1S/C19H31NO2/c1-6-14-20-19(21)22-15-13-18(5)12-8-11-17(4)10-7-9-16(2)3/h6,9,11,13H,1,7-8,10,12,14-15H2,2-5H3,(H,20,21). The van der Waals surface area contributed by atoms with Crippen LogP contribution in [0.4, 0.5) is 4.79 Å². The van der Waals surface area contributed by atoms with Crippen LogP contribution in [0.1, 0.15) is 53.4 Å². The van der Waals surface area contributed by atoms with E-state index in [2.05, 4.69) is 51.7 Å². The zero-order chi connectivity index (χ0) is 16.8. The van der Waals surface area contributed by atoms with E-state index >= 15 is 0 Å². The van der Waals surface area contributed by atoms with Crippen molar-refractivity contribution in [3.8, 4) is 0 Å². The minimum absolute atomic E-state index is 0.318. The van der Waals surface area contributed by atoms with E-state index < -0.39 is 6.09 Å². The van der Waals surface area contributed by atoms with Crippen molar-refractivity contribution in [3.63, 3.8) is 0 Å². The van der Waals surface area contributed by atoms with Gasteiger partial charge in [-0.3, -0.25) is 0 Å². The molecule has 22 heavy (non-hydrogen) atoms. The highest BCUT2D eigenvalue weighted by atomic mass is 16.5. The maximum atomic E-state index is 11.2. The number of nitrogens with one attached hydrogen (secondary N) is 1.